The molecule has 0 radical (unpaired) electrons. The lowest BCUT2D eigenvalue weighted by molar-refractivity contribution is 0.0730. The van der Waals surface area contributed by atoms with E-state index < -0.39 is 10.0 Å². The minimum atomic E-state index is -3.62. The summed E-state index contributed by atoms with van der Waals surface area (Å²) in [6.07, 6.45) is 4.84. The third-order valence-electron chi connectivity index (χ3n) is 6.56. The Bertz CT molecular complexity index is 1560. The summed E-state index contributed by atoms with van der Waals surface area (Å²) in [5.41, 5.74) is 6.26. The zero-order valence-corrected chi connectivity index (χ0v) is 22.7. The number of aryl methyl sites for hydroxylation is 3. The SMILES string of the molecule is CCCn1cc(-c2ccnc(Nc3ccc(C)c(S(=O)(=O)N4CCOCC4)c3)c2)c2nc(Cl)cc(C)c21. The Kier molecular flexibility index (Phi) is 7.22. The number of hydrogen-bond donors (Lipinski definition) is 1. The quantitative estimate of drug-likeness (QED) is 0.310. The van der Waals surface area contributed by atoms with Gasteiger partial charge in [-0.25, -0.2) is 18.4 Å². The molecular formula is C27H30ClN5O3S. The molecule has 1 saturated heterocycles. The van der Waals surface area contributed by atoms with Gasteiger partial charge in [0, 0.05) is 43.3 Å². The molecule has 4 aromatic rings. The van der Waals surface area contributed by atoms with Crippen molar-refractivity contribution in [1.29, 1.82) is 0 Å². The second-order valence-electron chi connectivity index (χ2n) is 9.25. The number of sulfonamides is 1. The molecule has 194 valence electrons. The molecule has 0 saturated carbocycles. The topological polar surface area (TPSA) is 89.4 Å². The molecule has 3 aromatic heterocycles. The number of pyridine rings is 2. The largest absolute Gasteiger partial charge is 0.379 e. The van der Waals surface area contributed by atoms with Crippen LogP contribution in [0, 0.1) is 13.8 Å². The fourth-order valence-corrected chi connectivity index (χ4v) is 6.69. The van der Waals surface area contributed by atoms with Crippen molar-refractivity contribution >= 4 is 44.2 Å². The second kappa shape index (κ2) is 10.4. The third-order valence-corrected chi connectivity index (χ3v) is 8.80. The highest BCUT2D eigenvalue weighted by Crippen LogP contribution is 2.34. The molecule has 1 N–H and O–H groups in total. The van der Waals surface area contributed by atoms with E-state index >= 15 is 0 Å². The maximum atomic E-state index is 13.3. The average molecular weight is 540 g/mol. The van der Waals surface area contributed by atoms with Gasteiger partial charge in [0.05, 0.1) is 29.1 Å². The normalized spacial score (nSPS) is 14.8. The first kappa shape index (κ1) is 25.7. The standard InChI is InChI=1S/C27H30ClN5O3S/c1-4-9-32-17-22(26-27(32)19(3)14-24(28)31-26)20-7-8-29-25(15-20)30-21-6-5-18(2)23(16-21)37(34,35)33-10-12-36-13-11-33/h5-8,14-17H,4,9-13H2,1-3H3,(H,29,30). The van der Waals surface area contributed by atoms with Crippen LogP contribution in [-0.4, -0.2) is 53.6 Å². The van der Waals surface area contributed by atoms with E-state index in [4.69, 9.17) is 16.3 Å². The molecule has 0 amide bonds. The lowest BCUT2D eigenvalue weighted by Crippen LogP contribution is -2.40. The molecule has 1 fully saturated rings. The van der Waals surface area contributed by atoms with Gasteiger partial charge in [0.25, 0.3) is 0 Å². The molecule has 4 heterocycles. The van der Waals surface area contributed by atoms with Gasteiger partial charge in [-0.05, 0) is 67.3 Å². The number of nitrogens with zero attached hydrogens (tertiary/aromatic N) is 4. The molecule has 5 rings (SSSR count). The van der Waals surface area contributed by atoms with Crippen LogP contribution in [0.4, 0.5) is 11.5 Å². The fraction of sp³-hybridized carbons (Fsp3) is 0.333. The van der Waals surface area contributed by atoms with Crippen molar-refractivity contribution in [1.82, 2.24) is 18.8 Å². The van der Waals surface area contributed by atoms with Crippen LogP contribution in [0.3, 0.4) is 0 Å². The predicted octanol–water partition coefficient (Wildman–Crippen LogP) is 5.54. The number of morpholine rings is 1. The number of hydrogen-bond acceptors (Lipinski definition) is 6. The van der Waals surface area contributed by atoms with E-state index in [1.54, 1.807) is 12.3 Å². The van der Waals surface area contributed by atoms with Gasteiger partial charge in [-0.3, -0.25) is 0 Å². The molecule has 0 spiro atoms. The van der Waals surface area contributed by atoms with Crippen LogP contribution in [-0.2, 0) is 21.3 Å². The van der Waals surface area contributed by atoms with Crippen molar-refractivity contribution in [3.05, 3.63) is 65.1 Å². The second-order valence-corrected chi connectivity index (χ2v) is 11.5. The Balaban J connectivity index is 1.49. The highest BCUT2D eigenvalue weighted by Gasteiger charge is 2.28. The van der Waals surface area contributed by atoms with E-state index in [1.165, 1.54) is 4.31 Å². The number of ether oxygens (including phenoxy) is 1. The first-order chi connectivity index (χ1) is 17.8. The lowest BCUT2D eigenvalue weighted by atomic mass is 10.1. The van der Waals surface area contributed by atoms with Crippen molar-refractivity contribution in [3.8, 4) is 11.1 Å². The average Bonchev–Trinajstić information content (AvgIpc) is 3.24. The van der Waals surface area contributed by atoms with Crippen molar-refractivity contribution < 1.29 is 13.2 Å². The van der Waals surface area contributed by atoms with Crippen LogP contribution in [0.15, 0.2) is 53.7 Å². The Morgan fingerprint density at radius 3 is 2.62 bits per heavy atom. The van der Waals surface area contributed by atoms with Gasteiger partial charge in [0.2, 0.25) is 10.0 Å². The molecule has 1 aliphatic rings. The highest BCUT2D eigenvalue weighted by molar-refractivity contribution is 7.89. The number of halogens is 1. The summed E-state index contributed by atoms with van der Waals surface area (Å²) in [5.74, 6) is 0.603. The molecule has 1 aliphatic heterocycles. The van der Waals surface area contributed by atoms with Gasteiger partial charge in [0.15, 0.2) is 0 Å². The Labute approximate surface area is 222 Å². The van der Waals surface area contributed by atoms with Crippen LogP contribution >= 0.6 is 11.6 Å². The molecular weight excluding hydrogens is 510 g/mol. The summed E-state index contributed by atoms with van der Waals surface area (Å²) in [7, 11) is -3.62. The van der Waals surface area contributed by atoms with Crippen molar-refractivity contribution in [2.24, 2.45) is 0 Å². The van der Waals surface area contributed by atoms with Crippen LogP contribution in [0.5, 0.6) is 0 Å². The van der Waals surface area contributed by atoms with Gasteiger partial charge >= 0.3 is 0 Å². The first-order valence-corrected chi connectivity index (χ1v) is 14.2. The summed E-state index contributed by atoms with van der Waals surface area (Å²) in [5, 5.41) is 3.75. The van der Waals surface area contributed by atoms with Gasteiger partial charge in [-0.1, -0.05) is 24.6 Å². The first-order valence-electron chi connectivity index (χ1n) is 12.4. The van der Waals surface area contributed by atoms with Crippen LogP contribution < -0.4 is 5.32 Å². The molecule has 0 bridgehead atoms. The van der Waals surface area contributed by atoms with E-state index in [0.717, 1.165) is 40.7 Å². The van der Waals surface area contributed by atoms with Crippen molar-refractivity contribution in [2.75, 3.05) is 31.6 Å². The third kappa shape index (κ3) is 5.09. The zero-order valence-electron chi connectivity index (χ0n) is 21.2. The van der Waals surface area contributed by atoms with Gasteiger partial charge in [-0.15, -0.1) is 0 Å². The van der Waals surface area contributed by atoms with E-state index in [9.17, 15) is 8.42 Å². The van der Waals surface area contributed by atoms with E-state index in [1.807, 2.05) is 44.2 Å². The summed E-state index contributed by atoms with van der Waals surface area (Å²) in [6.45, 7) is 8.39. The van der Waals surface area contributed by atoms with E-state index in [2.05, 4.69) is 33.0 Å². The Morgan fingerprint density at radius 2 is 1.86 bits per heavy atom. The monoisotopic (exact) mass is 539 g/mol. The van der Waals surface area contributed by atoms with Gasteiger partial charge < -0.3 is 14.6 Å². The van der Waals surface area contributed by atoms with Crippen molar-refractivity contribution in [3.63, 3.8) is 0 Å². The molecule has 0 unspecified atom stereocenters. The molecule has 10 heteroatoms. The number of rotatable bonds is 7. The van der Waals surface area contributed by atoms with Crippen LogP contribution in [0.1, 0.15) is 24.5 Å². The number of anilines is 2. The number of nitrogens with one attached hydrogen (secondary N) is 1. The number of fused-ring (bicyclic) bond motifs is 1. The zero-order chi connectivity index (χ0) is 26.2. The Hall–Kier alpha value is -2.98. The van der Waals surface area contributed by atoms with Crippen molar-refractivity contribution in [2.45, 2.75) is 38.6 Å². The molecule has 1 aromatic carbocycles. The van der Waals surface area contributed by atoms with Crippen LogP contribution in [0.25, 0.3) is 22.2 Å². The minimum Gasteiger partial charge on any atom is -0.379 e. The summed E-state index contributed by atoms with van der Waals surface area (Å²) >= 11 is 6.32. The van der Waals surface area contributed by atoms with Crippen LogP contribution in [0.2, 0.25) is 5.15 Å². The maximum Gasteiger partial charge on any atom is 0.243 e. The molecule has 8 nitrogen and oxygen atoms in total. The predicted molar refractivity (Wildman–Crippen MR) is 147 cm³/mol. The molecule has 0 aliphatic carbocycles. The summed E-state index contributed by atoms with van der Waals surface area (Å²) < 4.78 is 35.6. The van der Waals surface area contributed by atoms with Gasteiger partial charge in [-0.2, -0.15) is 4.31 Å². The van der Waals surface area contributed by atoms with E-state index in [-0.39, 0.29) is 4.90 Å². The smallest absolute Gasteiger partial charge is 0.243 e. The molecule has 37 heavy (non-hydrogen) atoms. The lowest BCUT2D eigenvalue weighted by Gasteiger charge is -2.26. The summed E-state index contributed by atoms with van der Waals surface area (Å²) in [6, 6.07) is 11.1. The minimum absolute atomic E-state index is 0.285. The van der Waals surface area contributed by atoms with Gasteiger partial charge in [0.1, 0.15) is 11.0 Å². The molecule has 0 atom stereocenters. The maximum absolute atomic E-state index is 13.3. The Morgan fingerprint density at radius 1 is 1.08 bits per heavy atom. The summed E-state index contributed by atoms with van der Waals surface area (Å²) in [4.78, 5) is 9.41. The highest BCUT2D eigenvalue weighted by atomic mass is 35.5. The number of benzene rings is 1. The number of aromatic nitrogens is 3. The van der Waals surface area contributed by atoms with E-state index in [0.29, 0.717) is 48.5 Å². The fourth-order valence-electron chi connectivity index (χ4n) is 4.78.